The van der Waals surface area contributed by atoms with Crippen LogP contribution in [0.15, 0.2) is 72.9 Å². The quantitative estimate of drug-likeness (QED) is 0.345. The Balaban J connectivity index is 1.69. The lowest BCUT2D eigenvalue weighted by Crippen LogP contribution is -2.07. The van der Waals surface area contributed by atoms with E-state index in [9.17, 15) is 0 Å². The van der Waals surface area contributed by atoms with Gasteiger partial charge in [0.15, 0.2) is 0 Å². The maximum atomic E-state index is 5.00. The smallest absolute Gasteiger partial charge is 0.126 e. The van der Waals surface area contributed by atoms with E-state index in [0.29, 0.717) is 0 Å². The Labute approximate surface area is 182 Å². The van der Waals surface area contributed by atoms with Crippen LogP contribution in [0.3, 0.4) is 0 Å². The Kier molecular flexibility index (Phi) is 6.24. The van der Waals surface area contributed by atoms with E-state index in [1.54, 1.807) is 11.3 Å². The molecule has 2 aromatic heterocycles. The van der Waals surface area contributed by atoms with Crippen molar-refractivity contribution in [1.29, 1.82) is 0 Å². The summed E-state index contributed by atoms with van der Waals surface area (Å²) in [5.41, 5.74) is 5.89. The van der Waals surface area contributed by atoms with Gasteiger partial charge in [-0.2, -0.15) is 0 Å². The highest BCUT2D eigenvalue weighted by atomic mass is 32.1. The summed E-state index contributed by atoms with van der Waals surface area (Å²) >= 11 is 1.80. The molecule has 0 radical (unpaired) electrons. The molecule has 4 aromatic rings. The Morgan fingerprint density at radius 2 is 1.80 bits per heavy atom. The summed E-state index contributed by atoms with van der Waals surface area (Å²) in [5, 5.41) is 4.73. The first kappa shape index (κ1) is 20.3. The molecule has 0 aliphatic rings. The zero-order valence-electron chi connectivity index (χ0n) is 17.7. The standard InChI is InChI=1S/C26H27N3S/c1-4-9-24-29-25(21-13-8-10-18(2)16-21)26(30-24)22-14-15-27-23(17-22)28-19(3)20-11-6-5-7-12-20/h5-8,10-17,19H,4,9H2,1-3H3,(H,27,28). The van der Waals surface area contributed by atoms with E-state index in [1.165, 1.54) is 26.6 Å². The lowest BCUT2D eigenvalue weighted by atomic mass is 10.1. The third-order valence-electron chi connectivity index (χ3n) is 5.11. The number of aromatic nitrogens is 2. The van der Waals surface area contributed by atoms with Gasteiger partial charge >= 0.3 is 0 Å². The Morgan fingerprint density at radius 1 is 0.967 bits per heavy atom. The lowest BCUT2D eigenvalue weighted by Gasteiger charge is -2.15. The summed E-state index contributed by atoms with van der Waals surface area (Å²) < 4.78 is 0. The normalized spacial score (nSPS) is 12.0. The first-order valence-corrected chi connectivity index (χ1v) is 11.3. The Bertz CT molecular complexity index is 1120. The number of anilines is 1. The monoisotopic (exact) mass is 413 g/mol. The van der Waals surface area contributed by atoms with Gasteiger partial charge in [-0.15, -0.1) is 11.3 Å². The number of nitrogens with one attached hydrogen (secondary N) is 1. The summed E-state index contributed by atoms with van der Waals surface area (Å²) in [4.78, 5) is 10.8. The van der Waals surface area contributed by atoms with Crippen molar-refractivity contribution >= 4 is 17.2 Å². The largest absolute Gasteiger partial charge is 0.364 e. The third-order valence-corrected chi connectivity index (χ3v) is 6.28. The third kappa shape index (κ3) is 4.60. The number of pyridine rings is 1. The van der Waals surface area contributed by atoms with Gasteiger partial charge in [0.1, 0.15) is 5.82 Å². The molecule has 0 bridgehead atoms. The van der Waals surface area contributed by atoms with Gasteiger partial charge in [-0.3, -0.25) is 0 Å². The number of thiazole rings is 1. The molecule has 152 valence electrons. The summed E-state index contributed by atoms with van der Waals surface area (Å²) in [6.45, 7) is 6.49. The maximum absolute atomic E-state index is 5.00. The second-order valence-corrected chi connectivity index (χ2v) is 8.69. The van der Waals surface area contributed by atoms with E-state index < -0.39 is 0 Å². The fourth-order valence-electron chi connectivity index (χ4n) is 3.57. The molecular weight excluding hydrogens is 386 g/mol. The van der Waals surface area contributed by atoms with Crippen molar-refractivity contribution in [2.75, 3.05) is 5.32 Å². The van der Waals surface area contributed by atoms with Crippen LogP contribution in [0.4, 0.5) is 5.82 Å². The van der Waals surface area contributed by atoms with Crippen molar-refractivity contribution in [2.24, 2.45) is 0 Å². The molecule has 30 heavy (non-hydrogen) atoms. The fourth-order valence-corrected chi connectivity index (χ4v) is 4.75. The minimum Gasteiger partial charge on any atom is -0.364 e. The molecule has 0 saturated carbocycles. The average Bonchev–Trinajstić information content (AvgIpc) is 3.19. The van der Waals surface area contributed by atoms with Gasteiger partial charge in [0.05, 0.1) is 15.6 Å². The maximum Gasteiger partial charge on any atom is 0.126 e. The minimum absolute atomic E-state index is 0.183. The van der Waals surface area contributed by atoms with Gasteiger partial charge < -0.3 is 5.32 Å². The Hall–Kier alpha value is -2.98. The predicted molar refractivity (Wildman–Crippen MR) is 128 cm³/mol. The van der Waals surface area contributed by atoms with Crippen molar-refractivity contribution < 1.29 is 0 Å². The number of hydrogen-bond donors (Lipinski definition) is 1. The van der Waals surface area contributed by atoms with Gasteiger partial charge in [0.25, 0.3) is 0 Å². The molecule has 0 saturated heterocycles. The van der Waals surface area contributed by atoms with Gasteiger partial charge in [0, 0.05) is 17.8 Å². The number of benzene rings is 2. The number of nitrogens with zero attached hydrogens (tertiary/aromatic N) is 2. The molecule has 1 unspecified atom stereocenters. The lowest BCUT2D eigenvalue weighted by molar-refractivity contribution is 0.875. The van der Waals surface area contributed by atoms with E-state index in [2.05, 4.69) is 91.7 Å². The number of aryl methyl sites for hydroxylation is 2. The molecule has 0 spiro atoms. The van der Waals surface area contributed by atoms with E-state index in [1.807, 2.05) is 12.3 Å². The Morgan fingerprint density at radius 3 is 2.57 bits per heavy atom. The average molecular weight is 414 g/mol. The summed E-state index contributed by atoms with van der Waals surface area (Å²) in [7, 11) is 0. The SMILES string of the molecule is CCCc1nc(-c2cccc(C)c2)c(-c2ccnc(NC(C)c3ccccc3)c2)s1. The van der Waals surface area contributed by atoms with Gasteiger partial charge in [-0.05, 0) is 56.0 Å². The second-order valence-electron chi connectivity index (χ2n) is 7.61. The van der Waals surface area contributed by atoms with Crippen molar-refractivity contribution in [1.82, 2.24) is 9.97 Å². The molecule has 0 aliphatic carbocycles. The molecule has 3 nitrogen and oxygen atoms in total. The molecule has 0 amide bonds. The molecule has 4 heteroatoms. The molecule has 0 fully saturated rings. The highest BCUT2D eigenvalue weighted by Gasteiger charge is 2.16. The van der Waals surface area contributed by atoms with Crippen molar-refractivity contribution in [3.8, 4) is 21.7 Å². The molecule has 2 heterocycles. The van der Waals surface area contributed by atoms with Crippen LogP contribution >= 0.6 is 11.3 Å². The predicted octanol–water partition coefficient (Wildman–Crippen LogP) is 7.31. The van der Waals surface area contributed by atoms with Crippen molar-refractivity contribution in [3.63, 3.8) is 0 Å². The molecule has 0 aliphatic heterocycles. The molecule has 4 rings (SSSR count). The van der Waals surface area contributed by atoms with Crippen LogP contribution < -0.4 is 5.32 Å². The summed E-state index contributed by atoms with van der Waals surface area (Å²) in [5.74, 6) is 0.879. The first-order valence-electron chi connectivity index (χ1n) is 10.5. The zero-order valence-corrected chi connectivity index (χ0v) is 18.5. The summed E-state index contributed by atoms with van der Waals surface area (Å²) in [6.07, 6.45) is 3.98. The van der Waals surface area contributed by atoms with E-state index >= 15 is 0 Å². The molecule has 1 N–H and O–H groups in total. The number of hydrogen-bond acceptors (Lipinski definition) is 4. The first-order chi connectivity index (χ1) is 14.6. The van der Waals surface area contributed by atoms with Crippen LogP contribution in [-0.2, 0) is 6.42 Å². The minimum atomic E-state index is 0.183. The van der Waals surface area contributed by atoms with E-state index in [4.69, 9.17) is 4.98 Å². The van der Waals surface area contributed by atoms with Crippen LogP contribution in [-0.4, -0.2) is 9.97 Å². The van der Waals surface area contributed by atoms with Crippen molar-refractivity contribution in [2.45, 2.75) is 39.7 Å². The zero-order chi connectivity index (χ0) is 20.9. The van der Waals surface area contributed by atoms with Gasteiger partial charge in [-0.25, -0.2) is 9.97 Å². The van der Waals surface area contributed by atoms with Crippen LogP contribution in [0.1, 0.15) is 42.4 Å². The van der Waals surface area contributed by atoms with Crippen LogP contribution in [0.25, 0.3) is 21.7 Å². The van der Waals surface area contributed by atoms with Crippen LogP contribution in [0.5, 0.6) is 0 Å². The second kappa shape index (κ2) is 9.23. The van der Waals surface area contributed by atoms with Crippen molar-refractivity contribution in [3.05, 3.63) is 89.1 Å². The molecular formula is C26H27N3S. The topological polar surface area (TPSA) is 37.8 Å². The van der Waals surface area contributed by atoms with Gasteiger partial charge in [0.2, 0.25) is 0 Å². The highest BCUT2D eigenvalue weighted by Crippen LogP contribution is 2.38. The molecule has 2 aromatic carbocycles. The fraction of sp³-hybridized carbons (Fsp3) is 0.231. The van der Waals surface area contributed by atoms with E-state index in [0.717, 1.165) is 29.9 Å². The van der Waals surface area contributed by atoms with Crippen LogP contribution in [0.2, 0.25) is 0 Å². The number of rotatable bonds is 7. The summed E-state index contributed by atoms with van der Waals surface area (Å²) in [6, 6.07) is 23.5. The van der Waals surface area contributed by atoms with Gasteiger partial charge in [-0.1, -0.05) is 61.0 Å². The van der Waals surface area contributed by atoms with Crippen LogP contribution in [0, 0.1) is 6.92 Å². The highest BCUT2D eigenvalue weighted by molar-refractivity contribution is 7.15. The van der Waals surface area contributed by atoms with E-state index in [-0.39, 0.29) is 6.04 Å². The molecule has 1 atom stereocenters.